The minimum atomic E-state index is -1.05. The number of carboxylic acid groups (broad SMARTS) is 1. The van der Waals surface area contributed by atoms with Gasteiger partial charge in [-0.3, -0.25) is 0 Å². The van der Waals surface area contributed by atoms with Gasteiger partial charge in [-0.1, -0.05) is 23.7 Å². The Morgan fingerprint density at radius 3 is 2.85 bits per heavy atom. The van der Waals surface area contributed by atoms with Crippen molar-refractivity contribution >= 4 is 50.7 Å². The van der Waals surface area contributed by atoms with Crippen LogP contribution in [0.25, 0.3) is 10.9 Å². The highest BCUT2D eigenvalue weighted by Crippen LogP contribution is 2.31. The van der Waals surface area contributed by atoms with Crippen LogP contribution in [0.4, 0.5) is 10.7 Å². The quantitative estimate of drug-likeness (QED) is 0.753. The molecular weight excluding hydrogens is 296 g/mol. The van der Waals surface area contributed by atoms with Crippen LogP contribution in [-0.4, -0.2) is 15.4 Å². The summed E-state index contributed by atoms with van der Waals surface area (Å²) in [6, 6.07) is 12.6. The van der Waals surface area contributed by atoms with E-state index in [1.54, 1.807) is 12.1 Å². The molecule has 0 saturated heterocycles. The van der Waals surface area contributed by atoms with Crippen molar-refractivity contribution < 1.29 is 9.90 Å². The van der Waals surface area contributed by atoms with Gasteiger partial charge in [-0.15, -0.1) is 0 Å². The number of benzene rings is 2. The van der Waals surface area contributed by atoms with Crippen LogP contribution in [-0.2, 0) is 0 Å². The number of carboxylic acids is 1. The van der Waals surface area contributed by atoms with Gasteiger partial charge in [-0.2, -0.15) is 4.37 Å². The second-order valence-electron chi connectivity index (χ2n) is 4.15. The van der Waals surface area contributed by atoms with Crippen molar-refractivity contribution in [2.45, 2.75) is 0 Å². The normalized spacial score (nSPS) is 10.7. The highest BCUT2D eigenvalue weighted by molar-refractivity contribution is 7.11. The fourth-order valence-corrected chi connectivity index (χ4v) is 2.86. The molecule has 20 heavy (non-hydrogen) atoms. The molecule has 4 nitrogen and oxygen atoms in total. The fourth-order valence-electron chi connectivity index (χ4n) is 1.88. The molecule has 0 aliphatic heterocycles. The van der Waals surface area contributed by atoms with Gasteiger partial charge in [-0.25, -0.2) is 4.79 Å². The summed E-state index contributed by atoms with van der Waals surface area (Å²) in [5, 5.41) is 14.3. The Bertz CT molecular complexity index is 801. The SMILES string of the molecule is O=C(O)c1cc(Nc2snc3ccccc23)ccc1Cl. The Labute approximate surface area is 123 Å². The first-order valence-electron chi connectivity index (χ1n) is 5.79. The summed E-state index contributed by atoms with van der Waals surface area (Å²) in [5.74, 6) is -1.05. The van der Waals surface area contributed by atoms with Crippen LogP contribution in [0.3, 0.4) is 0 Å². The van der Waals surface area contributed by atoms with Gasteiger partial charge in [0.05, 0.1) is 16.1 Å². The smallest absolute Gasteiger partial charge is 0.337 e. The summed E-state index contributed by atoms with van der Waals surface area (Å²) in [6.07, 6.45) is 0. The summed E-state index contributed by atoms with van der Waals surface area (Å²) >= 11 is 7.18. The summed E-state index contributed by atoms with van der Waals surface area (Å²) in [4.78, 5) is 11.1. The molecule has 1 heterocycles. The average molecular weight is 305 g/mol. The lowest BCUT2D eigenvalue weighted by molar-refractivity contribution is 0.0697. The lowest BCUT2D eigenvalue weighted by Gasteiger charge is -2.06. The predicted octanol–water partition coefficient (Wildman–Crippen LogP) is 4.39. The van der Waals surface area contributed by atoms with Crippen LogP contribution in [0.1, 0.15) is 10.4 Å². The fraction of sp³-hybridized carbons (Fsp3) is 0. The van der Waals surface area contributed by atoms with Crippen molar-refractivity contribution in [3.63, 3.8) is 0 Å². The minimum Gasteiger partial charge on any atom is -0.478 e. The van der Waals surface area contributed by atoms with Gasteiger partial charge in [0.25, 0.3) is 0 Å². The third kappa shape index (κ3) is 2.33. The van der Waals surface area contributed by atoms with Crippen molar-refractivity contribution in [3.8, 4) is 0 Å². The molecule has 0 aliphatic carbocycles. The molecule has 6 heteroatoms. The number of aromatic carboxylic acids is 1. The number of aromatic nitrogens is 1. The van der Waals surface area contributed by atoms with Crippen LogP contribution < -0.4 is 5.32 Å². The predicted molar refractivity (Wildman–Crippen MR) is 81.3 cm³/mol. The molecule has 2 N–H and O–H groups in total. The van der Waals surface area contributed by atoms with Crippen molar-refractivity contribution in [1.82, 2.24) is 4.37 Å². The second-order valence-corrected chi connectivity index (χ2v) is 5.33. The first-order valence-corrected chi connectivity index (χ1v) is 6.94. The monoisotopic (exact) mass is 304 g/mol. The van der Waals surface area contributed by atoms with Crippen LogP contribution in [0.5, 0.6) is 0 Å². The van der Waals surface area contributed by atoms with E-state index < -0.39 is 5.97 Å². The number of nitrogens with one attached hydrogen (secondary N) is 1. The number of rotatable bonds is 3. The van der Waals surface area contributed by atoms with Crippen LogP contribution in [0.15, 0.2) is 42.5 Å². The van der Waals surface area contributed by atoms with E-state index in [2.05, 4.69) is 9.69 Å². The zero-order chi connectivity index (χ0) is 14.1. The molecule has 1 aromatic heterocycles. The summed E-state index contributed by atoms with van der Waals surface area (Å²) < 4.78 is 4.33. The third-order valence-electron chi connectivity index (χ3n) is 2.84. The van der Waals surface area contributed by atoms with Crippen LogP contribution >= 0.6 is 23.1 Å². The zero-order valence-electron chi connectivity index (χ0n) is 10.1. The highest BCUT2D eigenvalue weighted by Gasteiger charge is 2.11. The van der Waals surface area contributed by atoms with E-state index in [1.165, 1.54) is 17.6 Å². The molecule has 3 rings (SSSR count). The number of hydrogen-bond donors (Lipinski definition) is 2. The second kappa shape index (κ2) is 5.11. The number of halogens is 1. The van der Waals surface area contributed by atoms with E-state index >= 15 is 0 Å². The van der Waals surface area contributed by atoms with Crippen LogP contribution in [0, 0.1) is 0 Å². The average Bonchev–Trinajstić information content (AvgIpc) is 2.84. The molecule has 0 unspecified atom stereocenters. The Kier molecular flexibility index (Phi) is 3.30. The third-order valence-corrected chi connectivity index (χ3v) is 3.96. The largest absolute Gasteiger partial charge is 0.478 e. The molecule has 100 valence electrons. The Hall–Kier alpha value is -2.11. The molecule has 0 atom stereocenters. The number of nitrogens with zero attached hydrogens (tertiary/aromatic N) is 1. The van der Waals surface area contributed by atoms with Crippen molar-refractivity contribution in [2.24, 2.45) is 0 Å². The molecule has 0 aliphatic rings. The standard InChI is InChI=1S/C14H9ClN2O2S/c15-11-6-5-8(7-10(11)14(18)19)16-13-9-3-1-2-4-12(9)17-20-13/h1-7,16H,(H,18,19). The number of carbonyl (C=O) groups is 1. The Balaban J connectivity index is 1.99. The van der Waals surface area contributed by atoms with Crippen molar-refractivity contribution in [3.05, 3.63) is 53.1 Å². The first kappa shape index (κ1) is 12.9. The van der Waals surface area contributed by atoms with Crippen LogP contribution in [0.2, 0.25) is 5.02 Å². The summed E-state index contributed by atoms with van der Waals surface area (Å²) in [7, 11) is 0. The number of fused-ring (bicyclic) bond motifs is 1. The molecule has 0 saturated carbocycles. The van der Waals surface area contributed by atoms with Gasteiger partial charge >= 0.3 is 5.97 Å². The maximum absolute atomic E-state index is 11.1. The Morgan fingerprint density at radius 1 is 1.25 bits per heavy atom. The van der Waals surface area contributed by atoms with Crippen molar-refractivity contribution in [1.29, 1.82) is 0 Å². The van der Waals surface area contributed by atoms with Gasteiger partial charge in [0, 0.05) is 11.1 Å². The molecule has 0 radical (unpaired) electrons. The maximum Gasteiger partial charge on any atom is 0.337 e. The molecule has 3 aromatic rings. The lowest BCUT2D eigenvalue weighted by atomic mass is 10.2. The van der Waals surface area contributed by atoms with E-state index in [4.69, 9.17) is 16.7 Å². The maximum atomic E-state index is 11.1. The minimum absolute atomic E-state index is 0.0745. The summed E-state index contributed by atoms with van der Waals surface area (Å²) in [5.41, 5.74) is 1.65. The molecule has 0 fully saturated rings. The van der Waals surface area contributed by atoms with Gasteiger partial charge in [0.2, 0.25) is 0 Å². The molecule has 0 amide bonds. The number of hydrogen-bond acceptors (Lipinski definition) is 4. The van der Waals surface area contributed by atoms with E-state index in [9.17, 15) is 4.79 Å². The lowest BCUT2D eigenvalue weighted by Crippen LogP contribution is -1.99. The zero-order valence-corrected chi connectivity index (χ0v) is 11.7. The number of anilines is 2. The van der Waals surface area contributed by atoms with E-state index in [1.807, 2.05) is 24.3 Å². The summed E-state index contributed by atoms with van der Waals surface area (Å²) in [6.45, 7) is 0. The van der Waals surface area contributed by atoms with E-state index in [-0.39, 0.29) is 10.6 Å². The molecule has 2 aromatic carbocycles. The van der Waals surface area contributed by atoms with E-state index in [0.717, 1.165) is 15.9 Å². The first-order chi connectivity index (χ1) is 9.65. The molecule has 0 spiro atoms. The highest BCUT2D eigenvalue weighted by atomic mass is 35.5. The van der Waals surface area contributed by atoms with Gasteiger partial charge in [0.1, 0.15) is 5.00 Å². The molecule has 0 bridgehead atoms. The Morgan fingerprint density at radius 2 is 2.05 bits per heavy atom. The van der Waals surface area contributed by atoms with Gasteiger partial charge < -0.3 is 10.4 Å². The van der Waals surface area contributed by atoms with Crippen molar-refractivity contribution in [2.75, 3.05) is 5.32 Å². The van der Waals surface area contributed by atoms with Gasteiger partial charge in [0.15, 0.2) is 0 Å². The topological polar surface area (TPSA) is 62.2 Å². The van der Waals surface area contributed by atoms with Gasteiger partial charge in [-0.05, 0) is 41.9 Å². The van der Waals surface area contributed by atoms with E-state index in [0.29, 0.717) is 5.69 Å². The molecular formula is C14H9ClN2O2S.